The molecule has 1 amide bonds. The first-order chi connectivity index (χ1) is 9.86. The molecule has 2 rings (SSSR count). The zero-order chi connectivity index (χ0) is 15.6. The van der Waals surface area contributed by atoms with E-state index in [-0.39, 0.29) is 5.56 Å². The highest BCUT2D eigenvalue weighted by molar-refractivity contribution is 9.10. The monoisotopic (exact) mass is 373 g/mol. The molecule has 2 nitrogen and oxygen atoms in total. The zero-order valence-electron chi connectivity index (χ0n) is 11.0. The minimum Gasteiger partial charge on any atom is -0.345 e. The number of amides is 1. The number of benzene rings is 2. The number of halogens is 4. The SMILES string of the molecule is CC(NC(=O)c1cc(Cl)cc(Br)c1)c1ccc(F)cc1F. The number of rotatable bonds is 3. The van der Waals surface area contributed by atoms with Gasteiger partial charge in [-0.3, -0.25) is 4.79 Å². The minimum atomic E-state index is -0.699. The van der Waals surface area contributed by atoms with Crippen LogP contribution in [0.1, 0.15) is 28.9 Å². The van der Waals surface area contributed by atoms with Gasteiger partial charge >= 0.3 is 0 Å². The van der Waals surface area contributed by atoms with Gasteiger partial charge in [-0.15, -0.1) is 0 Å². The second kappa shape index (κ2) is 6.54. The quantitative estimate of drug-likeness (QED) is 0.816. The van der Waals surface area contributed by atoms with Gasteiger partial charge in [0, 0.05) is 26.7 Å². The lowest BCUT2D eigenvalue weighted by Gasteiger charge is -2.15. The molecular weight excluding hydrogens is 364 g/mol. The minimum absolute atomic E-state index is 0.214. The fourth-order valence-corrected chi connectivity index (χ4v) is 2.76. The smallest absolute Gasteiger partial charge is 0.251 e. The summed E-state index contributed by atoms with van der Waals surface area (Å²) in [5.74, 6) is -1.75. The second-order valence-corrected chi connectivity index (χ2v) is 5.87. The van der Waals surface area contributed by atoms with Crippen molar-refractivity contribution in [2.24, 2.45) is 0 Å². The molecule has 0 aromatic heterocycles. The summed E-state index contributed by atoms with van der Waals surface area (Å²) in [7, 11) is 0. The van der Waals surface area contributed by atoms with Crippen LogP contribution in [0.25, 0.3) is 0 Å². The van der Waals surface area contributed by atoms with Gasteiger partial charge in [-0.05, 0) is 31.2 Å². The summed E-state index contributed by atoms with van der Waals surface area (Å²) in [6.07, 6.45) is 0. The van der Waals surface area contributed by atoms with Crippen LogP contribution in [0.4, 0.5) is 8.78 Å². The summed E-state index contributed by atoms with van der Waals surface area (Å²) in [5, 5.41) is 3.06. The average Bonchev–Trinajstić information content (AvgIpc) is 2.37. The number of carbonyl (C=O) groups is 1. The topological polar surface area (TPSA) is 29.1 Å². The highest BCUT2D eigenvalue weighted by atomic mass is 79.9. The Morgan fingerprint density at radius 1 is 1.24 bits per heavy atom. The van der Waals surface area contributed by atoms with Crippen LogP contribution >= 0.6 is 27.5 Å². The van der Waals surface area contributed by atoms with Crippen LogP contribution in [-0.4, -0.2) is 5.91 Å². The maximum absolute atomic E-state index is 13.7. The first kappa shape index (κ1) is 15.9. The molecule has 1 N–H and O–H groups in total. The third kappa shape index (κ3) is 4.02. The molecule has 0 saturated heterocycles. The summed E-state index contributed by atoms with van der Waals surface area (Å²) in [6.45, 7) is 1.62. The van der Waals surface area contributed by atoms with Gasteiger partial charge in [0.1, 0.15) is 11.6 Å². The van der Waals surface area contributed by atoms with Gasteiger partial charge in [0.15, 0.2) is 0 Å². The first-order valence-electron chi connectivity index (χ1n) is 6.08. The van der Waals surface area contributed by atoms with Crippen molar-refractivity contribution in [2.75, 3.05) is 0 Å². The van der Waals surface area contributed by atoms with E-state index in [1.807, 2.05) is 0 Å². The molecule has 0 heterocycles. The van der Waals surface area contributed by atoms with E-state index in [2.05, 4.69) is 21.2 Å². The van der Waals surface area contributed by atoms with Crippen molar-refractivity contribution in [1.82, 2.24) is 5.32 Å². The predicted molar refractivity (Wildman–Crippen MR) is 81.4 cm³/mol. The van der Waals surface area contributed by atoms with E-state index in [1.54, 1.807) is 19.1 Å². The van der Waals surface area contributed by atoms with Crippen LogP contribution in [0, 0.1) is 11.6 Å². The predicted octanol–water partition coefficient (Wildman–Crippen LogP) is 4.87. The third-order valence-corrected chi connectivity index (χ3v) is 3.58. The van der Waals surface area contributed by atoms with Crippen LogP contribution in [0.2, 0.25) is 5.02 Å². The Hall–Kier alpha value is -1.46. The second-order valence-electron chi connectivity index (χ2n) is 4.52. The molecule has 110 valence electrons. The number of nitrogens with one attached hydrogen (secondary N) is 1. The van der Waals surface area contributed by atoms with Crippen molar-refractivity contribution in [3.8, 4) is 0 Å². The van der Waals surface area contributed by atoms with E-state index in [0.717, 1.165) is 12.1 Å². The highest BCUT2D eigenvalue weighted by Gasteiger charge is 2.16. The molecular formula is C15H11BrClF2NO. The van der Waals surface area contributed by atoms with E-state index in [1.165, 1.54) is 12.1 Å². The third-order valence-electron chi connectivity index (χ3n) is 2.90. The maximum Gasteiger partial charge on any atom is 0.251 e. The first-order valence-corrected chi connectivity index (χ1v) is 7.26. The van der Waals surface area contributed by atoms with E-state index in [4.69, 9.17) is 11.6 Å². The highest BCUT2D eigenvalue weighted by Crippen LogP contribution is 2.21. The standard InChI is InChI=1S/C15H11BrClF2NO/c1-8(13-3-2-12(18)7-14(13)19)20-15(21)9-4-10(16)6-11(17)5-9/h2-8H,1H3,(H,20,21). The Balaban J connectivity index is 2.18. The Bertz CT molecular complexity index is 673. The van der Waals surface area contributed by atoms with E-state index < -0.39 is 23.6 Å². The van der Waals surface area contributed by atoms with Crippen LogP contribution < -0.4 is 5.32 Å². The summed E-state index contributed by atoms with van der Waals surface area (Å²) >= 11 is 9.12. The van der Waals surface area contributed by atoms with Crippen molar-refractivity contribution >= 4 is 33.4 Å². The van der Waals surface area contributed by atoms with E-state index >= 15 is 0 Å². The summed E-state index contributed by atoms with van der Waals surface area (Å²) in [6, 6.07) is 7.41. The molecule has 0 bridgehead atoms. The maximum atomic E-state index is 13.7. The van der Waals surface area contributed by atoms with Gasteiger partial charge in [0.05, 0.1) is 6.04 Å². The molecule has 0 saturated carbocycles. The lowest BCUT2D eigenvalue weighted by molar-refractivity contribution is 0.0939. The van der Waals surface area contributed by atoms with Gasteiger partial charge in [-0.2, -0.15) is 0 Å². The molecule has 0 aliphatic rings. The fourth-order valence-electron chi connectivity index (χ4n) is 1.90. The molecule has 1 unspecified atom stereocenters. The lowest BCUT2D eigenvalue weighted by atomic mass is 10.1. The largest absolute Gasteiger partial charge is 0.345 e. The summed E-state index contributed by atoms with van der Waals surface area (Å²) < 4.78 is 27.2. The molecule has 0 radical (unpaired) electrons. The van der Waals surface area contributed by atoms with Gasteiger partial charge in [-0.1, -0.05) is 33.6 Å². The molecule has 2 aromatic rings. The van der Waals surface area contributed by atoms with Crippen molar-refractivity contribution in [3.63, 3.8) is 0 Å². The van der Waals surface area contributed by atoms with Gasteiger partial charge in [0.2, 0.25) is 0 Å². The summed E-state index contributed by atoms with van der Waals surface area (Å²) in [5.41, 5.74) is 0.564. The van der Waals surface area contributed by atoms with Crippen molar-refractivity contribution in [3.05, 3.63) is 68.7 Å². The fraction of sp³-hybridized carbons (Fsp3) is 0.133. The van der Waals surface area contributed by atoms with Crippen LogP contribution in [-0.2, 0) is 0 Å². The lowest BCUT2D eigenvalue weighted by Crippen LogP contribution is -2.27. The van der Waals surface area contributed by atoms with Gasteiger partial charge < -0.3 is 5.32 Å². The molecule has 0 spiro atoms. The van der Waals surface area contributed by atoms with Crippen LogP contribution in [0.5, 0.6) is 0 Å². The van der Waals surface area contributed by atoms with Gasteiger partial charge in [0.25, 0.3) is 5.91 Å². The number of hydrogen-bond acceptors (Lipinski definition) is 1. The Morgan fingerprint density at radius 3 is 2.57 bits per heavy atom. The van der Waals surface area contributed by atoms with Crippen LogP contribution in [0.3, 0.4) is 0 Å². The molecule has 0 aliphatic heterocycles. The molecule has 6 heteroatoms. The zero-order valence-corrected chi connectivity index (χ0v) is 13.3. The molecule has 21 heavy (non-hydrogen) atoms. The molecule has 1 atom stereocenters. The Kier molecular flexibility index (Phi) is 4.96. The normalized spacial score (nSPS) is 12.0. The number of hydrogen-bond donors (Lipinski definition) is 1. The van der Waals surface area contributed by atoms with Crippen molar-refractivity contribution in [2.45, 2.75) is 13.0 Å². The van der Waals surface area contributed by atoms with Crippen LogP contribution in [0.15, 0.2) is 40.9 Å². The summed E-state index contributed by atoms with van der Waals surface area (Å²) in [4.78, 5) is 12.1. The van der Waals surface area contributed by atoms with Gasteiger partial charge in [-0.25, -0.2) is 8.78 Å². The molecule has 0 fully saturated rings. The molecule has 0 aliphatic carbocycles. The Morgan fingerprint density at radius 2 is 1.95 bits per heavy atom. The Labute approximate surface area is 134 Å². The average molecular weight is 375 g/mol. The van der Waals surface area contributed by atoms with E-state index in [0.29, 0.717) is 15.1 Å². The van der Waals surface area contributed by atoms with E-state index in [9.17, 15) is 13.6 Å². The molecule has 2 aromatic carbocycles. The number of carbonyl (C=O) groups excluding carboxylic acids is 1. The van der Waals surface area contributed by atoms with Crippen molar-refractivity contribution < 1.29 is 13.6 Å². The van der Waals surface area contributed by atoms with Crippen molar-refractivity contribution in [1.29, 1.82) is 0 Å².